The predicted molar refractivity (Wildman–Crippen MR) is 60.3 cm³/mol. The van der Waals surface area contributed by atoms with Crippen molar-refractivity contribution >= 4 is 10.9 Å². The number of hydrogen-bond donors (Lipinski definition) is 2. The fraction of sp³-hybridized carbons (Fsp3) is 0.333. The summed E-state index contributed by atoms with van der Waals surface area (Å²) in [6.07, 6.45) is 0. The maximum atomic E-state index is 13.7. The number of hydrogen-bond acceptors (Lipinski definition) is 1. The number of aromatic nitrogens is 1. The van der Waals surface area contributed by atoms with Crippen LogP contribution in [0, 0.1) is 24.4 Å². The normalized spacial score (nSPS) is 11.4. The van der Waals surface area contributed by atoms with Crippen LogP contribution < -0.4 is 5.32 Å². The van der Waals surface area contributed by atoms with Crippen molar-refractivity contribution in [3.8, 4) is 0 Å². The summed E-state index contributed by atoms with van der Waals surface area (Å²) in [4.78, 5) is 2.86. The molecular formula is C12H13F3N2. The van der Waals surface area contributed by atoms with Crippen molar-refractivity contribution in [2.24, 2.45) is 0 Å². The number of rotatable bonds is 3. The topological polar surface area (TPSA) is 27.8 Å². The standard InChI is InChI=1S/C12H13F3N2/c1-3-16-5-7-6(2)17-9-4-8(13)11(14)12(15)10(7)9/h4,16-17H,3,5H2,1-2H3. The third-order valence-corrected chi connectivity index (χ3v) is 2.79. The van der Waals surface area contributed by atoms with Crippen molar-refractivity contribution in [3.05, 3.63) is 34.8 Å². The zero-order valence-electron chi connectivity index (χ0n) is 9.63. The molecule has 0 atom stereocenters. The SMILES string of the molecule is CCNCc1c(C)[nH]c2cc(F)c(F)c(F)c12. The molecule has 0 aliphatic heterocycles. The van der Waals surface area contributed by atoms with Gasteiger partial charge >= 0.3 is 0 Å². The van der Waals surface area contributed by atoms with Crippen LogP contribution in [0.1, 0.15) is 18.2 Å². The lowest BCUT2D eigenvalue weighted by Gasteiger charge is -2.03. The first-order valence-corrected chi connectivity index (χ1v) is 5.41. The minimum Gasteiger partial charge on any atom is -0.358 e. The Kier molecular flexibility index (Phi) is 3.11. The van der Waals surface area contributed by atoms with Crippen LogP contribution in [0.2, 0.25) is 0 Å². The van der Waals surface area contributed by atoms with E-state index in [0.29, 0.717) is 17.8 Å². The highest BCUT2D eigenvalue weighted by Crippen LogP contribution is 2.28. The summed E-state index contributed by atoms with van der Waals surface area (Å²) in [5, 5.41) is 3.17. The maximum Gasteiger partial charge on any atom is 0.195 e. The van der Waals surface area contributed by atoms with Gasteiger partial charge in [0.15, 0.2) is 17.5 Å². The number of fused-ring (bicyclic) bond motifs is 1. The molecule has 0 aliphatic carbocycles. The van der Waals surface area contributed by atoms with E-state index >= 15 is 0 Å². The van der Waals surface area contributed by atoms with E-state index in [2.05, 4.69) is 10.3 Å². The minimum absolute atomic E-state index is 0.127. The first-order chi connectivity index (χ1) is 8.06. The van der Waals surface area contributed by atoms with E-state index in [1.807, 2.05) is 6.92 Å². The second-order valence-electron chi connectivity index (χ2n) is 3.92. The van der Waals surface area contributed by atoms with E-state index in [1.54, 1.807) is 6.92 Å². The number of nitrogens with one attached hydrogen (secondary N) is 2. The van der Waals surface area contributed by atoms with Crippen LogP contribution in [0.4, 0.5) is 13.2 Å². The van der Waals surface area contributed by atoms with Crippen LogP contribution in [0.15, 0.2) is 6.07 Å². The average molecular weight is 242 g/mol. The molecule has 5 heteroatoms. The summed E-state index contributed by atoms with van der Waals surface area (Å²) >= 11 is 0. The van der Waals surface area contributed by atoms with Crippen molar-refractivity contribution in [2.75, 3.05) is 6.54 Å². The van der Waals surface area contributed by atoms with Gasteiger partial charge in [0.1, 0.15) is 0 Å². The van der Waals surface area contributed by atoms with Crippen LogP contribution in [0.5, 0.6) is 0 Å². The molecule has 0 saturated heterocycles. The predicted octanol–water partition coefficient (Wildman–Crippen LogP) is 3.00. The Labute approximate surface area is 96.8 Å². The number of benzene rings is 1. The first kappa shape index (κ1) is 12.0. The van der Waals surface area contributed by atoms with Crippen molar-refractivity contribution in [1.29, 1.82) is 0 Å². The zero-order chi connectivity index (χ0) is 12.6. The Hall–Kier alpha value is -1.49. The summed E-state index contributed by atoms with van der Waals surface area (Å²) in [5.41, 5.74) is 1.63. The second-order valence-corrected chi connectivity index (χ2v) is 3.92. The van der Waals surface area contributed by atoms with E-state index in [-0.39, 0.29) is 10.9 Å². The molecule has 0 bridgehead atoms. The summed E-state index contributed by atoms with van der Waals surface area (Å²) in [6.45, 7) is 4.81. The lowest BCUT2D eigenvalue weighted by Crippen LogP contribution is -2.12. The molecule has 92 valence electrons. The highest BCUT2D eigenvalue weighted by molar-refractivity contribution is 5.85. The fourth-order valence-corrected chi connectivity index (χ4v) is 1.92. The van der Waals surface area contributed by atoms with Gasteiger partial charge in [-0.15, -0.1) is 0 Å². The van der Waals surface area contributed by atoms with Crippen LogP contribution in [0.3, 0.4) is 0 Å². The van der Waals surface area contributed by atoms with Crippen LogP contribution in [0.25, 0.3) is 10.9 Å². The lowest BCUT2D eigenvalue weighted by molar-refractivity contribution is 0.453. The summed E-state index contributed by atoms with van der Waals surface area (Å²) in [6, 6.07) is 0.982. The second kappa shape index (κ2) is 4.41. The molecule has 1 aromatic carbocycles. The molecule has 1 heterocycles. The number of aromatic amines is 1. The van der Waals surface area contributed by atoms with Gasteiger partial charge in [0.05, 0.1) is 5.52 Å². The molecule has 0 aliphatic rings. The Morgan fingerprint density at radius 1 is 1.24 bits per heavy atom. The monoisotopic (exact) mass is 242 g/mol. The van der Waals surface area contributed by atoms with Gasteiger partial charge in [-0.2, -0.15) is 0 Å². The van der Waals surface area contributed by atoms with Crippen molar-refractivity contribution in [3.63, 3.8) is 0 Å². The molecule has 0 saturated carbocycles. The Bertz CT molecular complexity index is 561. The van der Waals surface area contributed by atoms with Crippen LogP contribution in [-0.4, -0.2) is 11.5 Å². The third kappa shape index (κ3) is 1.91. The Morgan fingerprint density at radius 3 is 2.59 bits per heavy atom. The third-order valence-electron chi connectivity index (χ3n) is 2.79. The van der Waals surface area contributed by atoms with Gasteiger partial charge in [-0.05, 0) is 19.0 Å². The first-order valence-electron chi connectivity index (χ1n) is 5.41. The molecular weight excluding hydrogens is 229 g/mol. The largest absolute Gasteiger partial charge is 0.358 e. The highest BCUT2D eigenvalue weighted by atomic mass is 19.2. The Morgan fingerprint density at radius 2 is 1.94 bits per heavy atom. The molecule has 2 nitrogen and oxygen atoms in total. The fourth-order valence-electron chi connectivity index (χ4n) is 1.92. The van der Waals surface area contributed by atoms with E-state index in [4.69, 9.17) is 0 Å². The van der Waals surface area contributed by atoms with Gasteiger partial charge < -0.3 is 10.3 Å². The highest BCUT2D eigenvalue weighted by Gasteiger charge is 2.19. The lowest BCUT2D eigenvalue weighted by atomic mass is 10.1. The van der Waals surface area contributed by atoms with Gasteiger partial charge in [0.2, 0.25) is 0 Å². The molecule has 2 rings (SSSR count). The van der Waals surface area contributed by atoms with Crippen LogP contribution >= 0.6 is 0 Å². The molecule has 0 amide bonds. The molecule has 0 unspecified atom stereocenters. The smallest absolute Gasteiger partial charge is 0.195 e. The van der Waals surface area contributed by atoms with Gasteiger partial charge in [-0.1, -0.05) is 6.92 Å². The van der Waals surface area contributed by atoms with Crippen LogP contribution in [-0.2, 0) is 6.54 Å². The minimum atomic E-state index is -1.42. The average Bonchev–Trinajstić information content (AvgIpc) is 2.59. The van der Waals surface area contributed by atoms with Crippen molar-refractivity contribution in [1.82, 2.24) is 10.3 Å². The maximum absolute atomic E-state index is 13.7. The van der Waals surface area contributed by atoms with E-state index in [9.17, 15) is 13.2 Å². The molecule has 17 heavy (non-hydrogen) atoms. The molecule has 2 N–H and O–H groups in total. The van der Waals surface area contributed by atoms with Gasteiger partial charge in [0.25, 0.3) is 0 Å². The molecule has 0 spiro atoms. The number of halogens is 3. The van der Waals surface area contributed by atoms with E-state index < -0.39 is 17.5 Å². The summed E-state index contributed by atoms with van der Waals surface area (Å²) in [7, 11) is 0. The van der Waals surface area contributed by atoms with Crippen molar-refractivity contribution in [2.45, 2.75) is 20.4 Å². The summed E-state index contributed by atoms with van der Waals surface area (Å²) in [5.74, 6) is -3.72. The quantitative estimate of drug-likeness (QED) is 0.795. The molecule has 0 fully saturated rings. The Balaban J connectivity index is 2.67. The van der Waals surface area contributed by atoms with E-state index in [0.717, 1.165) is 12.6 Å². The molecule has 0 radical (unpaired) electrons. The van der Waals surface area contributed by atoms with Gasteiger partial charge in [-0.3, -0.25) is 0 Å². The molecule has 2 aromatic rings. The molecule has 1 aromatic heterocycles. The number of aryl methyl sites for hydroxylation is 1. The number of H-pyrrole nitrogens is 1. The van der Waals surface area contributed by atoms with Crippen molar-refractivity contribution < 1.29 is 13.2 Å². The van der Waals surface area contributed by atoms with E-state index in [1.165, 1.54) is 0 Å². The van der Waals surface area contributed by atoms with Gasteiger partial charge in [0, 0.05) is 23.7 Å². The summed E-state index contributed by atoms with van der Waals surface area (Å²) < 4.78 is 39.9. The zero-order valence-corrected chi connectivity index (χ0v) is 9.63. The van der Waals surface area contributed by atoms with Gasteiger partial charge in [-0.25, -0.2) is 13.2 Å².